The number of carbonyl (C=O) groups is 1. The molecule has 0 spiro atoms. The molecule has 1 atom stereocenters. The summed E-state index contributed by atoms with van der Waals surface area (Å²) in [6.45, 7) is 10.6. The number of benzene rings is 2. The van der Waals surface area contributed by atoms with Crippen molar-refractivity contribution in [3.63, 3.8) is 0 Å². The molecular weight excluding hydrogens is 380 g/mol. The molecule has 29 heavy (non-hydrogen) atoms. The van der Waals surface area contributed by atoms with Crippen LogP contribution in [-0.4, -0.2) is 42.4 Å². The lowest BCUT2D eigenvalue weighted by Crippen LogP contribution is -2.40. The van der Waals surface area contributed by atoms with Crippen LogP contribution >= 0.6 is 11.8 Å². The third-order valence-electron chi connectivity index (χ3n) is 5.29. The van der Waals surface area contributed by atoms with Crippen molar-refractivity contribution in [1.82, 2.24) is 10.2 Å². The first-order valence-electron chi connectivity index (χ1n) is 10.4. The predicted octanol–water partition coefficient (Wildman–Crippen LogP) is 4.32. The molecule has 0 bridgehead atoms. The summed E-state index contributed by atoms with van der Waals surface area (Å²) in [7, 11) is 0. The van der Waals surface area contributed by atoms with Gasteiger partial charge in [-0.3, -0.25) is 9.69 Å². The highest BCUT2D eigenvalue weighted by molar-refractivity contribution is 7.99. The van der Waals surface area contributed by atoms with E-state index in [4.69, 9.17) is 4.74 Å². The minimum atomic E-state index is 0.105. The average Bonchev–Trinajstić information content (AvgIpc) is 2.69. The Bertz CT molecular complexity index is 824. The Morgan fingerprint density at radius 3 is 2.79 bits per heavy atom. The molecule has 1 unspecified atom stereocenters. The van der Waals surface area contributed by atoms with Crippen LogP contribution in [0.1, 0.15) is 35.6 Å². The quantitative estimate of drug-likeness (QED) is 0.656. The van der Waals surface area contributed by atoms with Crippen LogP contribution in [0.2, 0.25) is 0 Å². The van der Waals surface area contributed by atoms with Gasteiger partial charge in [-0.2, -0.15) is 0 Å². The van der Waals surface area contributed by atoms with Gasteiger partial charge in [0.2, 0.25) is 5.91 Å². The fourth-order valence-electron chi connectivity index (χ4n) is 3.48. The third kappa shape index (κ3) is 7.18. The molecule has 3 rings (SSSR count). The van der Waals surface area contributed by atoms with Crippen LogP contribution < -0.4 is 5.32 Å². The minimum absolute atomic E-state index is 0.105. The Hall–Kier alpha value is -1.82. The molecule has 1 saturated heterocycles. The SMILES string of the molecule is Cc1ccc(SCCC(=O)NCc2cccc(CN3CCOC(C)C3)c2)cc1C. The monoisotopic (exact) mass is 412 g/mol. The van der Waals surface area contributed by atoms with Crippen LogP contribution in [0.25, 0.3) is 0 Å². The summed E-state index contributed by atoms with van der Waals surface area (Å²) < 4.78 is 5.61. The Labute approximate surface area is 179 Å². The van der Waals surface area contributed by atoms with E-state index in [0.717, 1.165) is 37.6 Å². The second kappa shape index (κ2) is 10.8. The molecule has 2 aromatic rings. The topological polar surface area (TPSA) is 41.6 Å². The molecule has 0 radical (unpaired) electrons. The molecule has 4 nitrogen and oxygen atoms in total. The van der Waals surface area contributed by atoms with E-state index in [2.05, 4.69) is 73.5 Å². The lowest BCUT2D eigenvalue weighted by atomic mass is 10.1. The number of rotatable bonds is 8. The van der Waals surface area contributed by atoms with Crippen molar-refractivity contribution in [2.24, 2.45) is 0 Å². The first kappa shape index (κ1) is 21.9. The molecular formula is C24H32N2O2S. The van der Waals surface area contributed by atoms with Crippen LogP contribution in [0.3, 0.4) is 0 Å². The van der Waals surface area contributed by atoms with Crippen LogP contribution in [0, 0.1) is 13.8 Å². The van der Waals surface area contributed by atoms with Crippen molar-refractivity contribution in [1.29, 1.82) is 0 Å². The maximum atomic E-state index is 12.2. The summed E-state index contributed by atoms with van der Waals surface area (Å²) in [5.41, 5.74) is 5.04. The van der Waals surface area contributed by atoms with E-state index in [0.29, 0.717) is 19.1 Å². The summed E-state index contributed by atoms with van der Waals surface area (Å²) in [4.78, 5) is 15.9. The first-order valence-corrected chi connectivity index (χ1v) is 11.4. The number of ether oxygens (including phenoxy) is 1. The maximum absolute atomic E-state index is 12.2. The Kier molecular flexibility index (Phi) is 8.16. The van der Waals surface area contributed by atoms with Crippen LogP contribution in [0.5, 0.6) is 0 Å². The normalized spacial score (nSPS) is 17.3. The lowest BCUT2D eigenvalue weighted by molar-refractivity contribution is -0.120. The number of morpholine rings is 1. The number of amides is 1. The van der Waals surface area contributed by atoms with Crippen molar-refractivity contribution in [3.8, 4) is 0 Å². The first-order chi connectivity index (χ1) is 14.0. The largest absolute Gasteiger partial charge is 0.376 e. The molecule has 1 amide bonds. The highest BCUT2D eigenvalue weighted by atomic mass is 32.2. The van der Waals surface area contributed by atoms with Gasteiger partial charge < -0.3 is 10.1 Å². The molecule has 2 aromatic carbocycles. The predicted molar refractivity (Wildman–Crippen MR) is 120 cm³/mol. The molecule has 0 aliphatic carbocycles. The highest BCUT2D eigenvalue weighted by Crippen LogP contribution is 2.21. The van der Waals surface area contributed by atoms with Gasteiger partial charge in [0.05, 0.1) is 12.7 Å². The zero-order valence-corrected chi connectivity index (χ0v) is 18.6. The Morgan fingerprint density at radius 1 is 1.17 bits per heavy atom. The van der Waals surface area contributed by atoms with E-state index < -0.39 is 0 Å². The number of nitrogens with one attached hydrogen (secondary N) is 1. The van der Waals surface area contributed by atoms with Gasteiger partial charge in [-0.15, -0.1) is 11.8 Å². The molecule has 0 aromatic heterocycles. The minimum Gasteiger partial charge on any atom is -0.376 e. The van der Waals surface area contributed by atoms with Gasteiger partial charge in [0, 0.05) is 43.2 Å². The fraction of sp³-hybridized carbons (Fsp3) is 0.458. The fourth-order valence-corrected chi connectivity index (χ4v) is 4.43. The van der Waals surface area contributed by atoms with Gasteiger partial charge in [0.1, 0.15) is 0 Å². The van der Waals surface area contributed by atoms with Crippen LogP contribution in [0.15, 0.2) is 47.4 Å². The van der Waals surface area contributed by atoms with Gasteiger partial charge >= 0.3 is 0 Å². The number of nitrogens with zero attached hydrogens (tertiary/aromatic N) is 1. The third-order valence-corrected chi connectivity index (χ3v) is 6.28. The van der Waals surface area contributed by atoms with Crippen LogP contribution in [0.4, 0.5) is 0 Å². The summed E-state index contributed by atoms with van der Waals surface area (Å²) in [5, 5.41) is 3.06. The van der Waals surface area contributed by atoms with E-state index >= 15 is 0 Å². The second-order valence-corrected chi connectivity index (χ2v) is 9.03. The van der Waals surface area contributed by atoms with Crippen molar-refractivity contribution >= 4 is 17.7 Å². The zero-order chi connectivity index (χ0) is 20.6. The van der Waals surface area contributed by atoms with Gasteiger partial charge in [-0.1, -0.05) is 30.3 Å². The van der Waals surface area contributed by atoms with E-state index in [-0.39, 0.29) is 5.91 Å². The standard InChI is InChI=1S/C24H32N2O2S/c1-18-7-8-23(13-19(18)2)29-12-9-24(27)25-15-21-5-4-6-22(14-21)17-26-10-11-28-20(3)16-26/h4-8,13-14,20H,9-12,15-17H2,1-3H3,(H,25,27). The molecule has 0 saturated carbocycles. The molecule has 1 N–H and O–H groups in total. The van der Waals surface area contributed by atoms with Gasteiger partial charge in [-0.05, 0) is 55.2 Å². The molecule has 156 valence electrons. The number of aryl methyl sites for hydroxylation is 2. The van der Waals surface area contributed by atoms with E-state index in [1.54, 1.807) is 11.8 Å². The summed E-state index contributed by atoms with van der Waals surface area (Å²) >= 11 is 1.74. The maximum Gasteiger partial charge on any atom is 0.221 e. The number of hydrogen-bond donors (Lipinski definition) is 1. The van der Waals surface area contributed by atoms with E-state index in [1.165, 1.54) is 21.6 Å². The van der Waals surface area contributed by atoms with Crippen molar-refractivity contribution in [2.75, 3.05) is 25.4 Å². The molecule has 1 aliphatic heterocycles. The summed E-state index contributed by atoms with van der Waals surface area (Å²) in [6, 6.07) is 15.0. The Morgan fingerprint density at radius 2 is 2.00 bits per heavy atom. The molecule has 1 aliphatic rings. The van der Waals surface area contributed by atoms with Crippen LogP contribution in [-0.2, 0) is 22.6 Å². The van der Waals surface area contributed by atoms with Gasteiger partial charge in [0.15, 0.2) is 0 Å². The smallest absolute Gasteiger partial charge is 0.221 e. The Balaban J connectivity index is 1.41. The highest BCUT2D eigenvalue weighted by Gasteiger charge is 2.16. The van der Waals surface area contributed by atoms with Gasteiger partial charge in [0.25, 0.3) is 0 Å². The molecule has 5 heteroatoms. The average molecular weight is 413 g/mol. The molecule has 1 heterocycles. The lowest BCUT2D eigenvalue weighted by Gasteiger charge is -2.31. The zero-order valence-electron chi connectivity index (χ0n) is 17.7. The number of thioether (sulfide) groups is 1. The summed E-state index contributed by atoms with van der Waals surface area (Å²) in [6.07, 6.45) is 0.830. The van der Waals surface area contributed by atoms with Crippen molar-refractivity contribution in [2.45, 2.75) is 51.3 Å². The molecule has 1 fully saturated rings. The van der Waals surface area contributed by atoms with Gasteiger partial charge in [-0.25, -0.2) is 0 Å². The van der Waals surface area contributed by atoms with Crippen molar-refractivity contribution < 1.29 is 9.53 Å². The number of hydrogen-bond acceptors (Lipinski definition) is 4. The van der Waals surface area contributed by atoms with Crippen molar-refractivity contribution in [3.05, 3.63) is 64.7 Å². The van der Waals surface area contributed by atoms with E-state index in [1.807, 2.05) is 0 Å². The summed E-state index contributed by atoms with van der Waals surface area (Å²) in [5.74, 6) is 0.901. The van der Waals surface area contributed by atoms with E-state index in [9.17, 15) is 4.79 Å². The second-order valence-electron chi connectivity index (χ2n) is 7.86. The number of carbonyl (C=O) groups excluding carboxylic acids is 1.